The molecule has 3 nitrogen and oxygen atoms in total. The third-order valence-electron chi connectivity index (χ3n) is 3.64. The maximum Gasteiger partial charge on any atom is 0.323 e. The number of hydrogen-bond donors (Lipinski definition) is 1. The van der Waals surface area contributed by atoms with Crippen LogP contribution >= 0.6 is 11.3 Å². The standard InChI is InChI=1S/C15H25NO2S/c1-7-9(2)14(15(17)18-6)16-11(4)13-8-10(3)19-12(13)5/h8-9,11,14,16H,7H2,1-6H3. The minimum Gasteiger partial charge on any atom is -0.468 e. The van der Waals surface area contributed by atoms with Crippen molar-refractivity contribution < 1.29 is 9.53 Å². The quantitative estimate of drug-likeness (QED) is 0.811. The van der Waals surface area contributed by atoms with Crippen LogP contribution in [0.25, 0.3) is 0 Å². The first-order valence-corrected chi connectivity index (χ1v) is 7.63. The Kier molecular flexibility index (Phi) is 6.01. The van der Waals surface area contributed by atoms with E-state index in [-0.39, 0.29) is 24.0 Å². The van der Waals surface area contributed by atoms with Crippen LogP contribution < -0.4 is 5.32 Å². The lowest BCUT2D eigenvalue weighted by molar-refractivity contribution is -0.144. The Morgan fingerprint density at radius 2 is 2.05 bits per heavy atom. The molecule has 0 aliphatic heterocycles. The molecule has 0 aromatic carbocycles. The molecule has 3 unspecified atom stereocenters. The molecule has 1 N–H and O–H groups in total. The van der Waals surface area contributed by atoms with Crippen LogP contribution in [0, 0.1) is 19.8 Å². The molecule has 0 bridgehead atoms. The van der Waals surface area contributed by atoms with Crippen LogP contribution in [0.5, 0.6) is 0 Å². The zero-order chi connectivity index (χ0) is 14.6. The van der Waals surface area contributed by atoms with Gasteiger partial charge in [0.1, 0.15) is 6.04 Å². The largest absolute Gasteiger partial charge is 0.468 e. The van der Waals surface area contributed by atoms with E-state index in [0.29, 0.717) is 0 Å². The number of nitrogens with one attached hydrogen (secondary N) is 1. The van der Waals surface area contributed by atoms with Crippen molar-refractivity contribution in [2.45, 2.75) is 53.1 Å². The van der Waals surface area contributed by atoms with Crippen molar-refractivity contribution in [3.8, 4) is 0 Å². The van der Waals surface area contributed by atoms with E-state index in [2.05, 4.69) is 46.0 Å². The molecule has 0 radical (unpaired) electrons. The predicted molar refractivity (Wildman–Crippen MR) is 80.6 cm³/mol. The van der Waals surface area contributed by atoms with E-state index in [4.69, 9.17) is 4.74 Å². The number of hydrogen-bond acceptors (Lipinski definition) is 4. The van der Waals surface area contributed by atoms with Gasteiger partial charge in [-0.3, -0.25) is 10.1 Å². The Morgan fingerprint density at radius 1 is 1.42 bits per heavy atom. The summed E-state index contributed by atoms with van der Waals surface area (Å²) >= 11 is 1.80. The fourth-order valence-electron chi connectivity index (χ4n) is 2.27. The van der Waals surface area contributed by atoms with E-state index in [9.17, 15) is 4.79 Å². The highest BCUT2D eigenvalue weighted by Gasteiger charge is 2.27. The van der Waals surface area contributed by atoms with Gasteiger partial charge in [0.2, 0.25) is 0 Å². The predicted octanol–water partition coefficient (Wildman–Crippen LogP) is 3.60. The summed E-state index contributed by atoms with van der Waals surface area (Å²) in [7, 11) is 1.45. The minimum absolute atomic E-state index is 0.156. The zero-order valence-corrected chi connectivity index (χ0v) is 13.6. The third kappa shape index (κ3) is 4.05. The second kappa shape index (κ2) is 7.06. The summed E-state index contributed by atoms with van der Waals surface area (Å²) in [6.07, 6.45) is 0.946. The van der Waals surface area contributed by atoms with Crippen molar-refractivity contribution >= 4 is 17.3 Å². The van der Waals surface area contributed by atoms with Crippen LogP contribution in [0.4, 0.5) is 0 Å². The van der Waals surface area contributed by atoms with Crippen molar-refractivity contribution in [2.75, 3.05) is 7.11 Å². The fourth-order valence-corrected chi connectivity index (χ4v) is 3.29. The lowest BCUT2D eigenvalue weighted by atomic mass is 9.97. The Morgan fingerprint density at radius 3 is 2.47 bits per heavy atom. The molecule has 0 saturated heterocycles. The second-order valence-corrected chi connectivity index (χ2v) is 6.60. The number of carbonyl (C=O) groups is 1. The molecular weight excluding hydrogens is 258 g/mol. The number of thiophene rings is 1. The summed E-state index contributed by atoms with van der Waals surface area (Å²) in [6, 6.07) is 2.11. The summed E-state index contributed by atoms with van der Waals surface area (Å²) < 4.78 is 4.91. The van der Waals surface area contributed by atoms with Crippen LogP contribution in [0.2, 0.25) is 0 Å². The highest BCUT2D eigenvalue weighted by atomic mass is 32.1. The van der Waals surface area contributed by atoms with Crippen LogP contribution in [-0.4, -0.2) is 19.1 Å². The number of ether oxygens (including phenoxy) is 1. The molecule has 0 aliphatic carbocycles. The van der Waals surface area contributed by atoms with Gasteiger partial charge in [0.05, 0.1) is 7.11 Å². The van der Waals surface area contributed by atoms with Gasteiger partial charge in [0.25, 0.3) is 0 Å². The van der Waals surface area contributed by atoms with Gasteiger partial charge >= 0.3 is 5.97 Å². The highest BCUT2D eigenvalue weighted by Crippen LogP contribution is 2.27. The topological polar surface area (TPSA) is 38.3 Å². The Bertz CT molecular complexity index is 428. The smallest absolute Gasteiger partial charge is 0.323 e. The maximum absolute atomic E-state index is 11.9. The molecule has 1 aromatic rings. The first kappa shape index (κ1) is 16.2. The summed E-state index contributed by atoms with van der Waals surface area (Å²) in [6.45, 7) is 10.5. The summed E-state index contributed by atoms with van der Waals surface area (Å²) in [4.78, 5) is 14.5. The van der Waals surface area contributed by atoms with Crippen molar-refractivity contribution in [1.29, 1.82) is 0 Å². The molecule has 0 saturated carbocycles. The average Bonchev–Trinajstić information content (AvgIpc) is 2.73. The number of aryl methyl sites for hydroxylation is 2. The summed E-state index contributed by atoms with van der Waals surface area (Å²) in [5.74, 6) is 0.0840. The van der Waals surface area contributed by atoms with E-state index >= 15 is 0 Å². The van der Waals surface area contributed by atoms with Crippen LogP contribution in [0.1, 0.15) is 48.6 Å². The molecule has 108 valence electrons. The van der Waals surface area contributed by atoms with E-state index in [1.807, 2.05) is 0 Å². The molecule has 0 aliphatic rings. The lowest BCUT2D eigenvalue weighted by Gasteiger charge is -2.26. The Labute approximate surface area is 120 Å². The van der Waals surface area contributed by atoms with Crippen LogP contribution in [0.3, 0.4) is 0 Å². The molecule has 1 aromatic heterocycles. The van der Waals surface area contributed by atoms with E-state index < -0.39 is 0 Å². The van der Waals surface area contributed by atoms with Gasteiger partial charge < -0.3 is 4.74 Å². The lowest BCUT2D eigenvalue weighted by Crippen LogP contribution is -2.43. The van der Waals surface area contributed by atoms with Crippen molar-refractivity contribution in [3.63, 3.8) is 0 Å². The first-order valence-electron chi connectivity index (χ1n) is 6.81. The van der Waals surface area contributed by atoms with Gasteiger partial charge in [-0.25, -0.2) is 0 Å². The first-order chi connectivity index (χ1) is 8.90. The molecule has 1 heterocycles. The Balaban J connectivity index is 2.84. The SMILES string of the molecule is CCC(C)C(NC(C)c1cc(C)sc1C)C(=O)OC. The average molecular weight is 283 g/mol. The van der Waals surface area contributed by atoms with E-state index in [1.54, 1.807) is 11.3 Å². The van der Waals surface area contributed by atoms with Crippen LogP contribution in [-0.2, 0) is 9.53 Å². The van der Waals surface area contributed by atoms with Crippen LogP contribution in [0.15, 0.2) is 6.07 Å². The maximum atomic E-state index is 11.9. The molecule has 19 heavy (non-hydrogen) atoms. The normalized spacial score (nSPS) is 15.9. The van der Waals surface area contributed by atoms with Crippen molar-refractivity contribution in [3.05, 3.63) is 21.4 Å². The number of esters is 1. The molecule has 0 fully saturated rings. The van der Waals surface area contributed by atoms with Gasteiger partial charge in [0.15, 0.2) is 0 Å². The molecule has 1 rings (SSSR count). The molecule has 4 heteroatoms. The second-order valence-electron chi connectivity index (χ2n) is 5.14. The van der Waals surface area contributed by atoms with Crippen molar-refractivity contribution in [1.82, 2.24) is 5.32 Å². The van der Waals surface area contributed by atoms with Crippen molar-refractivity contribution in [2.24, 2.45) is 5.92 Å². The minimum atomic E-state index is -0.246. The number of carbonyl (C=O) groups excluding carboxylic acids is 1. The number of methoxy groups -OCH3 is 1. The third-order valence-corrected chi connectivity index (χ3v) is 4.63. The van der Waals surface area contributed by atoms with Gasteiger partial charge in [-0.2, -0.15) is 0 Å². The summed E-state index contributed by atoms with van der Waals surface area (Å²) in [5, 5.41) is 3.42. The highest BCUT2D eigenvalue weighted by molar-refractivity contribution is 7.12. The zero-order valence-electron chi connectivity index (χ0n) is 12.7. The van der Waals surface area contributed by atoms with E-state index in [1.165, 1.54) is 22.4 Å². The van der Waals surface area contributed by atoms with Gasteiger partial charge in [0, 0.05) is 15.8 Å². The van der Waals surface area contributed by atoms with Gasteiger partial charge in [-0.1, -0.05) is 20.3 Å². The van der Waals surface area contributed by atoms with Gasteiger partial charge in [-0.05, 0) is 38.3 Å². The van der Waals surface area contributed by atoms with E-state index in [0.717, 1.165) is 6.42 Å². The van der Waals surface area contributed by atoms with Gasteiger partial charge in [-0.15, -0.1) is 11.3 Å². The monoisotopic (exact) mass is 283 g/mol. The molecule has 0 amide bonds. The molecule has 3 atom stereocenters. The Hall–Kier alpha value is -0.870. The molecular formula is C15H25NO2S. The fraction of sp³-hybridized carbons (Fsp3) is 0.667. The molecule has 0 spiro atoms. The number of rotatable bonds is 6. The summed E-state index contributed by atoms with van der Waals surface area (Å²) in [5.41, 5.74) is 1.28.